The second-order valence-corrected chi connectivity index (χ2v) is 5.04. The topological polar surface area (TPSA) is 33.2 Å². The van der Waals surface area contributed by atoms with Gasteiger partial charge in [0, 0.05) is 23.3 Å². The van der Waals surface area contributed by atoms with Gasteiger partial charge in [0.1, 0.15) is 0 Å². The van der Waals surface area contributed by atoms with Gasteiger partial charge in [0.2, 0.25) is 5.91 Å². The lowest BCUT2D eigenvalue weighted by Gasteiger charge is -2.16. The van der Waals surface area contributed by atoms with Gasteiger partial charge in [-0.1, -0.05) is 18.2 Å². The Kier molecular flexibility index (Phi) is 2.65. The summed E-state index contributed by atoms with van der Waals surface area (Å²) in [5.74, 6) is 0.166. The Bertz CT molecular complexity index is 536. The summed E-state index contributed by atoms with van der Waals surface area (Å²) in [5, 5.41) is 0. The van der Waals surface area contributed by atoms with E-state index in [9.17, 15) is 4.79 Å². The van der Waals surface area contributed by atoms with Crippen molar-refractivity contribution in [3.63, 3.8) is 0 Å². The van der Waals surface area contributed by atoms with Crippen molar-refractivity contribution >= 4 is 22.9 Å². The summed E-state index contributed by atoms with van der Waals surface area (Å²) in [5.41, 5.74) is 4.10. The molecule has 0 unspecified atom stereocenters. The highest BCUT2D eigenvalue weighted by molar-refractivity contribution is 7.09. The first kappa shape index (κ1) is 10.5. The predicted molar refractivity (Wildman–Crippen MR) is 68.3 cm³/mol. The standard InChI is InChI=1S/C13H12N2OS/c16-13(7-11-8-14-9-17-11)15-6-5-10-3-1-2-4-12(10)15/h1-4,8-9H,5-7H2. The van der Waals surface area contributed by atoms with Gasteiger partial charge in [-0.15, -0.1) is 11.3 Å². The van der Waals surface area contributed by atoms with Gasteiger partial charge in [0.05, 0.1) is 11.9 Å². The van der Waals surface area contributed by atoms with Crippen molar-refractivity contribution in [3.05, 3.63) is 46.4 Å². The minimum atomic E-state index is 0.166. The third-order valence-corrected chi connectivity index (χ3v) is 3.78. The third kappa shape index (κ3) is 1.96. The Balaban J connectivity index is 1.80. The molecule has 1 aliphatic heterocycles. The number of hydrogen-bond acceptors (Lipinski definition) is 3. The van der Waals surface area contributed by atoms with Crippen LogP contribution in [0.2, 0.25) is 0 Å². The van der Waals surface area contributed by atoms with E-state index in [-0.39, 0.29) is 5.91 Å². The Hall–Kier alpha value is -1.68. The lowest BCUT2D eigenvalue weighted by atomic mass is 10.2. The number of fused-ring (bicyclic) bond motifs is 1. The number of thiazole rings is 1. The van der Waals surface area contributed by atoms with Crippen LogP contribution in [0.1, 0.15) is 10.4 Å². The third-order valence-electron chi connectivity index (χ3n) is 3.00. The largest absolute Gasteiger partial charge is 0.312 e. The summed E-state index contributed by atoms with van der Waals surface area (Å²) in [4.78, 5) is 19.1. The van der Waals surface area contributed by atoms with Crippen molar-refractivity contribution in [2.24, 2.45) is 0 Å². The summed E-state index contributed by atoms with van der Waals surface area (Å²) in [7, 11) is 0. The molecule has 4 heteroatoms. The molecule has 0 fully saturated rings. The quantitative estimate of drug-likeness (QED) is 0.812. The van der Waals surface area contributed by atoms with E-state index in [0.29, 0.717) is 6.42 Å². The molecule has 0 spiro atoms. The van der Waals surface area contributed by atoms with Crippen molar-refractivity contribution in [1.29, 1.82) is 0 Å². The summed E-state index contributed by atoms with van der Waals surface area (Å²) in [6, 6.07) is 8.12. The number of para-hydroxylation sites is 1. The van der Waals surface area contributed by atoms with Crippen molar-refractivity contribution in [2.75, 3.05) is 11.4 Å². The van der Waals surface area contributed by atoms with Gasteiger partial charge in [-0.2, -0.15) is 0 Å². The molecule has 17 heavy (non-hydrogen) atoms. The van der Waals surface area contributed by atoms with Gasteiger partial charge in [-0.25, -0.2) is 0 Å². The second-order valence-electron chi connectivity index (χ2n) is 4.07. The lowest BCUT2D eigenvalue weighted by molar-refractivity contribution is -0.117. The Morgan fingerprint density at radius 2 is 2.29 bits per heavy atom. The molecule has 0 saturated carbocycles. The van der Waals surface area contributed by atoms with Crippen LogP contribution in [0.15, 0.2) is 36.0 Å². The molecule has 0 saturated heterocycles. The van der Waals surface area contributed by atoms with Crippen LogP contribution in [0.4, 0.5) is 5.69 Å². The van der Waals surface area contributed by atoms with Gasteiger partial charge in [0.15, 0.2) is 0 Å². The number of hydrogen-bond donors (Lipinski definition) is 0. The molecule has 0 atom stereocenters. The highest BCUT2D eigenvalue weighted by Crippen LogP contribution is 2.28. The van der Waals surface area contributed by atoms with E-state index < -0.39 is 0 Å². The number of carbonyl (C=O) groups excluding carboxylic acids is 1. The first-order valence-electron chi connectivity index (χ1n) is 5.60. The zero-order valence-electron chi connectivity index (χ0n) is 9.30. The molecule has 2 aromatic rings. The highest BCUT2D eigenvalue weighted by Gasteiger charge is 2.24. The number of carbonyl (C=O) groups is 1. The molecular formula is C13H12N2OS. The maximum Gasteiger partial charge on any atom is 0.232 e. The van der Waals surface area contributed by atoms with Crippen molar-refractivity contribution < 1.29 is 4.79 Å². The maximum absolute atomic E-state index is 12.2. The number of rotatable bonds is 2. The minimum Gasteiger partial charge on any atom is -0.312 e. The van der Waals surface area contributed by atoms with Crippen LogP contribution in [-0.4, -0.2) is 17.4 Å². The van der Waals surface area contributed by atoms with E-state index in [2.05, 4.69) is 11.1 Å². The first-order valence-corrected chi connectivity index (χ1v) is 6.48. The lowest BCUT2D eigenvalue weighted by Crippen LogP contribution is -2.30. The van der Waals surface area contributed by atoms with Crippen LogP contribution in [0, 0.1) is 0 Å². The maximum atomic E-state index is 12.2. The Labute approximate surface area is 104 Å². The number of benzene rings is 1. The molecule has 3 nitrogen and oxygen atoms in total. The summed E-state index contributed by atoms with van der Waals surface area (Å²) in [6.07, 6.45) is 3.19. The zero-order chi connectivity index (χ0) is 11.7. The number of amides is 1. The van der Waals surface area contributed by atoms with Crippen LogP contribution in [0.5, 0.6) is 0 Å². The first-order chi connectivity index (χ1) is 8.34. The minimum absolute atomic E-state index is 0.166. The van der Waals surface area contributed by atoms with Crippen LogP contribution >= 0.6 is 11.3 Å². The summed E-state index contributed by atoms with van der Waals surface area (Å²) >= 11 is 1.53. The fourth-order valence-electron chi connectivity index (χ4n) is 2.17. The second kappa shape index (κ2) is 4.30. The smallest absolute Gasteiger partial charge is 0.232 e. The Morgan fingerprint density at radius 1 is 1.41 bits per heavy atom. The summed E-state index contributed by atoms with van der Waals surface area (Å²) in [6.45, 7) is 0.803. The Morgan fingerprint density at radius 3 is 3.12 bits per heavy atom. The fraction of sp³-hybridized carbons (Fsp3) is 0.231. The van der Waals surface area contributed by atoms with Crippen molar-refractivity contribution in [2.45, 2.75) is 12.8 Å². The highest BCUT2D eigenvalue weighted by atomic mass is 32.1. The molecular weight excluding hydrogens is 232 g/mol. The SMILES string of the molecule is O=C(Cc1cncs1)N1CCc2ccccc21. The number of anilines is 1. The molecule has 1 aromatic carbocycles. The number of nitrogens with zero attached hydrogens (tertiary/aromatic N) is 2. The predicted octanol–water partition coefficient (Wildman–Crippen LogP) is 2.27. The van der Waals surface area contributed by atoms with E-state index >= 15 is 0 Å². The van der Waals surface area contributed by atoms with E-state index in [1.165, 1.54) is 16.9 Å². The molecule has 2 heterocycles. The van der Waals surface area contributed by atoms with E-state index in [1.54, 1.807) is 11.7 Å². The van der Waals surface area contributed by atoms with Gasteiger partial charge >= 0.3 is 0 Å². The fourth-order valence-corrected chi connectivity index (χ4v) is 2.76. The molecule has 0 N–H and O–H groups in total. The average molecular weight is 244 g/mol. The average Bonchev–Trinajstić information content (AvgIpc) is 2.96. The number of aromatic nitrogens is 1. The molecule has 0 bridgehead atoms. The molecule has 1 amide bonds. The van der Waals surface area contributed by atoms with E-state index in [0.717, 1.165) is 23.5 Å². The van der Waals surface area contributed by atoms with Crippen LogP contribution in [0.25, 0.3) is 0 Å². The van der Waals surface area contributed by atoms with Crippen LogP contribution < -0.4 is 4.90 Å². The molecule has 1 aliphatic rings. The van der Waals surface area contributed by atoms with Crippen LogP contribution in [0.3, 0.4) is 0 Å². The van der Waals surface area contributed by atoms with E-state index in [4.69, 9.17) is 0 Å². The van der Waals surface area contributed by atoms with Gasteiger partial charge in [0.25, 0.3) is 0 Å². The molecule has 0 radical (unpaired) electrons. The van der Waals surface area contributed by atoms with Gasteiger partial charge in [-0.05, 0) is 18.1 Å². The van der Waals surface area contributed by atoms with Crippen molar-refractivity contribution in [1.82, 2.24) is 4.98 Å². The zero-order valence-corrected chi connectivity index (χ0v) is 10.1. The normalized spacial score (nSPS) is 13.8. The molecule has 3 rings (SSSR count). The van der Waals surface area contributed by atoms with Crippen molar-refractivity contribution in [3.8, 4) is 0 Å². The van der Waals surface area contributed by atoms with Crippen LogP contribution in [-0.2, 0) is 17.6 Å². The van der Waals surface area contributed by atoms with E-state index in [1.807, 2.05) is 23.1 Å². The molecule has 0 aliphatic carbocycles. The molecule has 86 valence electrons. The molecule has 1 aromatic heterocycles. The monoisotopic (exact) mass is 244 g/mol. The van der Waals surface area contributed by atoms with Gasteiger partial charge in [-0.3, -0.25) is 9.78 Å². The van der Waals surface area contributed by atoms with Gasteiger partial charge < -0.3 is 4.90 Å². The summed E-state index contributed by atoms with van der Waals surface area (Å²) < 4.78 is 0.